The van der Waals surface area contributed by atoms with E-state index in [1.54, 1.807) is 6.92 Å². The van der Waals surface area contributed by atoms with E-state index < -0.39 is 0 Å². The second-order valence-electron chi connectivity index (χ2n) is 6.14. The van der Waals surface area contributed by atoms with E-state index >= 15 is 0 Å². The number of carbonyl (C=O) groups excluding carboxylic acids is 1. The lowest BCUT2D eigenvalue weighted by molar-refractivity contribution is -0.136. The van der Waals surface area contributed by atoms with Crippen molar-refractivity contribution >= 4 is 5.91 Å². The smallest absolute Gasteiger partial charge is 0.248 e. The van der Waals surface area contributed by atoms with Crippen LogP contribution in [0.15, 0.2) is 18.2 Å². The highest BCUT2D eigenvalue weighted by Crippen LogP contribution is 2.22. The van der Waals surface area contributed by atoms with Crippen molar-refractivity contribution in [2.75, 3.05) is 19.7 Å². The van der Waals surface area contributed by atoms with Crippen molar-refractivity contribution in [3.8, 4) is 0 Å². The molecular weight excluding hydrogens is 269 g/mol. The van der Waals surface area contributed by atoms with E-state index in [0.29, 0.717) is 11.5 Å². The summed E-state index contributed by atoms with van der Waals surface area (Å²) in [5.41, 5.74) is 1.83. The molecule has 1 fully saturated rings. The molecule has 0 spiro atoms. The fourth-order valence-electron chi connectivity index (χ4n) is 2.72. The molecule has 21 heavy (non-hydrogen) atoms. The molecule has 116 valence electrons. The number of benzene rings is 1. The molecule has 0 radical (unpaired) electrons. The van der Waals surface area contributed by atoms with Gasteiger partial charge in [0.1, 0.15) is 12.4 Å². The molecule has 0 bridgehead atoms. The first kappa shape index (κ1) is 16.0. The quantitative estimate of drug-likeness (QED) is 0.835. The molecule has 2 rings (SSSR count). The lowest BCUT2D eigenvalue weighted by Gasteiger charge is -2.17. The highest BCUT2D eigenvalue weighted by Gasteiger charge is 2.26. The van der Waals surface area contributed by atoms with Crippen molar-refractivity contribution in [1.82, 2.24) is 4.90 Å². The first-order valence-corrected chi connectivity index (χ1v) is 7.60. The fraction of sp³-hybridized carbons (Fsp3) is 0.588. The van der Waals surface area contributed by atoms with Crippen molar-refractivity contribution < 1.29 is 13.9 Å². The van der Waals surface area contributed by atoms with Gasteiger partial charge in [-0.2, -0.15) is 0 Å². The van der Waals surface area contributed by atoms with Crippen LogP contribution in [0.1, 0.15) is 31.4 Å². The van der Waals surface area contributed by atoms with E-state index in [0.717, 1.165) is 31.5 Å². The van der Waals surface area contributed by atoms with Crippen molar-refractivity contribution in [2.24, 2.45) is 5.92 Å². The van der Waals surface area contributed by atoms with Crippen molar-refractivity contribution in [3.05, 3.63) is 35.1 Å². The van der Waals surface area contributed by atoms with E-state index in [9.17, 15) is 9.18 Å². The Morgan fingerprint density at radius 1 is 1.48 bits per heavy atom. The third-order valence-electron chi connectivity index (χ3n) is 3.93. The van der Waals surface area contributed by atoms with Gasteiger partial charge in [-0.3, -0.25) is 4.79 Å². The second-order valence-corrected chi connectivity index (χ2v) is 6.14. The van der Waals surface area contributed by atoms with E-state index in [1.165, 1.54) is 6.07 Å². The average molecular weight is 293 g/mol. The summed E-state index contributed by atoms with van der Waals surface area (Å²) >= 11 is 0. The molecule has 3 nitrogen and oxygen atoms in total. The molecule has 0 aliphatic carbocycles. The topological polar surface area (TPSA) is 29.5 Å². The SMILES string of the molecule is Cc1cc(CC2CCN(C(=O)COC(C)C)C2)ccc1F. The molecular formula is C17H24FNO2. The molecule has 1 unspecified atom stereocenters. The van der Waals surface area contributed by atoms with Gasteiger partial charge in [-0.25, -0.2) is 4.39 Å². The summed E-state index contributed by atoms with van der Waals surface area (Å²) in [4.78, 5) is 13.9. The van der Waals surface area contributed by atoms with Gasteiger partial charge in [-0.15, -0.1) is 0 Å². The van der Waals surface area contributed by atoms with Crippen LogP contribution in [0.5, 0.6) is 0 Å². The van der Waals surface area contributed by atoms with Crippen LogP contribution in [0.25, 0.3) is 0 Å². The third-order valence-corrected chi connectivity index (χ3v) is 3.93. The molecule has 1 saturated heterocycles. The Hall–Kier alpha value is -1.42. The van der Waals surface area contributed by atoms with E-state index in [4.69, 9.17) is 4.74 Å². The van der Waals surface area contributed by atoms with Crippen LogP contribution < -0.4 is 0 Å². The molecule has 4 heteroatoms. The Bertz CT molecular complexity index is 502. The second kappa shape index (κ2) is 7.03. The lowest BCUT2D eigenvalue weighted by Crippen LogP contribution is -2.33. The molecule has 0 aromatic heterocycles. The van der Waals surface area contributed by atoms with E-state index in [1.807, 2.05) is 30.9 Å². The van der Waals surface area contributed by atoms with Crippen LogP contribution in [-0.4, -0.2) is 36.6 Å². The highest BCUT2D eigenvalue weighted by molar-refractivity contribution is 5.77. The first-order valence-electron chi connectivity index (χ1n) is 7.60. The van der Waals surface area contributed by atoms with Gasteiger partial charge in [0.05, 0.1) is 6.10 Å². The highest BCUT2D eigenvalue weighted by atomic mass is 19.1. The largest absolute Gasteiger partial charge is 0.369 e. The van der Waals surface area contributed by atoms with Crippen LogP contribution in [0.2, 0.25) is 0 Å². The van der Waals surface area contributed by atoms with Gasteiger partial charge in [0, 0.05) is 13.1 Å². The van der Waals surface area contributed by atoms with Gasteiger partial charge in [0.15, 0.2) is 0 Å². The molecule has 1 aliphatic rings. The maximum Gasteiger partial charge on any atom is 0.248 e. The number of rotatable bonds is 5. The summed E-state index contributed by atoms with van der Waals surface area (Å²) in [6.45, 7) is 7.38. The zero-order valence-electron chi connectivity index (χ0n) is 13.1. The molecule has 1 aromatic rings. The Morgan fingerprint density at radius 2 is 2.24 bits per heavy atom. The number of hydrogen-bond donors (Lipinski definition) is 0. The average Bonchev–Trinajstić information content (AvgIpc) is 2.89. The van der Waals surface area contributed by atoms with Crippen LogP contribution in [0.3, 0.4) is 0 Å². The van der Waals surface area contributed by atoms with E-state index in [-0.39, 0.29) is 24.4 Å². The molecule has 1 atom stereocenters. The summed E-state index contributed by atoms with van der Waals surface area (Å²) in [7, 11) is 0. The fourth-order valence-corrected chi connectivity index (χ4v) is 2.72. The summed E-state index contributed by atoms with van der Waals surface area (Å²) < 4.78 is 18.6. The molecule has 1 amide bonds. The van der Waals surface area contributed by atoms with Gasteiger partial charge in [-0.05, 0) is 56.7 Å². The Kier molecular flexibility index (Phi) is 5.34. The lowest BCUT2D eigenvalue weighted by atomic mass is 9.97. The normalized spacial score (nSPS) is 18.5. The van der Waals surface area contributed by atoms with Crippen LogP contribution >= 0.6 is 0 Å². The number of aryl methyl sites for hydroxylation is 1. The Balaban J connectivity index is 1.84. The van der Waals surface area contributed by atoms with Gasteiger partial charge < -0.3 is 9.64 Å². The summed E-state index contributed by atoms with van der Waals surface area (Å²) in [6.07, 6.45) is 1.98. The number of ether oxygens (including phenoxy) is 1. The van der Waals surface area contributed by atoms with Gasteiger partial charge in [0.2, 0.25) is 5.91 Å². The molecule has 1 heterocycles. The van der Waals surface area contributed by atoms with Gasteiger partial charge >= 0.3 is 0 Å². The maximum absolute atomic E-state index is 13.3. The molecule has 1 aromatic carbocycles. The van der Waals surface area contributed by atoms with Crippen molar-refractivity contribution in [1.29, 1.82) is 0 Å². The van der Waals surface area contributed by atoms with Gasteiger partial charge in [-0.1, -0.05) is 12.1 Å². The standard InChI is InChI=1S/C17H24FNO2/c1-12(2)21-11-17(20)19-7-6-15(10-19)9-14-4-5-16(18)13(3)8-14/h4-5,8,12,15H,6-7,9-11H2,1-3H3. The predicted octanol–water partition coefficient (Wildman–Crippen LogP) is 2.95. The maximum atomic E-state index is 13.3. The number of amides is 1. The number of carbonyl (C=O) groups is 1. The predicted molar refractivity (Wildman–Crippen MR) is 80.6 cm³/mol. The minimum Gasteiger partial charge on any atom is -0.369 e. The van der Waals surface area contributed by atoms with Crippen LogP contribution in [-0.2, 0) is 16.0 Å². The minimum atomic E-state index is -0.159. The first-order chi connectivity index (χ1) is 9.95. The van der Waals surface area contributed by atoms with Gasteiger partial charge in [0.25, 0.3) is 0 Å². The number of hydrogen-bond acceptors (Lipinski definition) is 2. The Labute approximate surface area is 126 Å². The number of likely N-dealkylation sites (tertiary alicyclic amines) is 1. The number of nitrogens with zero attached hydrogens (tertiary/aromatic N) is 1. The minimum absolute atomic E-state index is 0.0708. The van der Waals surface area contributed by atoms with Crippen LogP contribution in [0.4, 0.5) is 4.39 Å². The monoisotopic (exact) mass is 293 g/mol. The van der Waals surface area contributed by atoms with E-state index in [2.05, 4.69) is 0 Å². The van der Waals surface area contributed by atoms with Crippen molar-refractivity contribution in [3.63, 3.8) is 0 Å². The molecule has 0 N–H and O–H groups in total. The zero-order valence-corrected chi connectivity index (χ0v) is 13.1. The third kappa shape index (κ3) is 4.53. The zero-order chi connectivity index (χ0) is 15.4. The summed E-state index contributed by atoms with van der Waals surface area (Å²) in [6, 6.07) is 5.27. The van der Waals surface area contributed by atoms with Crippen molar-refractivity contribution in [2.45, 2.75) is 39.7 Å². The summed E-state index contributed by atoms with van der Waals surface area (Å²) in [5.74, 6) is 0.368. The molecule has 1 aliphatic heterocycles. The molecule has 0 saturated carbocycles. The summed E-state index contributed by atoms with van der Waals surface area (Å²) in [5, 5.41) is 0. The number of halogens is 1. The Morgan fingerprint density at radius 3 is 2.90 bits per heavy atom. The van der Waals surface area contributed by atoms with Crippen LogP contribution in [0, 0.1) is 18.7 Å².